The van der Waals surface area contributed by atoms with Crippen molar-refractivity contribution in [1.29, 1.82) is 0 Å². The second-order valence-corrected chi connectivity index (χ2v) is 6.22. The molecule has 1 saturated heterocycles. The number of aromatic nitrogens is 1. The van der Waals surface area contributed by atoms with Gasteiger partial charge in [-0.15, -0.1) is 0 Å². The highest BCUT2D eigenvalue weighted by Gasteiger charge is 2.22. The van der Waals surface area contributed by atoms with Crippen LogP contribution >= 0.6 is 0 Å². The van der Waals surface area contributed by atoms with Crippen LogP contribution < -0.4 is 10.2 Å². The van der Waals surface area contributed by atoms with Crippen LogP contribution in [0.25, 0.3) is 0 Å². The monoisotopic (exact) mass is 340 g/mol. The van der Waals surface area contributed by atoms with Crippen LogP contribution in [0.2, 0.25) is 0 Å². The first-order chi connectivity index (χ1) is 12.1. The number of phenolic OH excluding ortho intramolecular Hbond substituents is 1. The lowest BCUT2D eigenvalue weighted by Gasteiger charge is -2.36. The molecule has 1 fully saturated rings. The summed E-state index contributed by atoms with van der Waals surface area (Å²) in [6.45, 7) is 5.25. The van der Waals surface area contributed by atoms with Crippen molar-refractivity contribution in [3.05, 3.63) is 53.9 Å². The second-order valence-electron chi connectivity index (χ2n) is 6.22. The van der Waals surface area contributed by atoms with Crippen molar-refractivity contribution in [3.8, 4) is 5.75 Å². The number of pyridine rings is 1. The predicted molar refractivity (Wildman–Crippen MR) is 98.0 cm³/mol. The van der Waals surface area contributed by atoms with Crippen LogP contribution in [0.3, 0.4) is 0 Å². The van der Waals surface area contributed by atoms with Crippen LogP contribution in [-0.4, -0.2) is 53.7 Å². The fourth-order valence-corrected chi connectivity index (χ4v) is 3.03. The fraction of sp³-hybridized carbons (Fsp3) is 0.368. The Hall–Kier alpha value is -2.76. The highest BCUT2D eigenvalue weighted by Crippen LogP contribution is 2.27. The van der Waals surface area contributed by atoms with Gasteiger partial charge in [-0.25, -0.2) is 4.79 Å². The van der Waals surface area contributed by atoms with Crippen molar-refractivity contribution in [3.63, 3.8) is 0 Å². The summed E-state index contributed by atoms with van der Waals surface area (Å²) in [6, 6.07) is 13.2. The molecule has 0 atom stereocenters. The Balaban J connectivity index is 1.45. The topological polar surface area (TPSA) is 68.7 Å². The molecular weight excluding hydrogens is 316 g/mol. The van der Waals surface area contributed by atoms with Gasteiger partial charge in [0.2, 0.25) is 0 Å². The van der Waals surface area contributed by atoms with E-state index in [1.54, 1.807) is 6.07 Å². The van der Waals surface area contributed by atoms with Crippen LogP contribution in [-0.2, 0) is 6.42 Å². The normalized spacial score (nSPS) is 14.4. The average Bonchev–Trinajstić information content (AvgIpc) is 2.62. The molecule has 0 spiro atoms. The lowest BCUT2D eigenvalue weighted by Crippen LogP contribution is -2.52. The van der Waals surface area contributed by atoms with E-state index in [9.17, 15) is 9.90 Å². The standard InChI is InChI=1S/C19H24N4O2/c1-15-5-4-6-16(21-15)9-10-20-19(25)23-13-11-22(12-14-23)17-7-2-3-8-18(17)24/h2-8,24H,9-14H2,1H3,(H,20,25). The van der Waals surface area contributed by atoms with E-state index in [2.05, 4.69) is 15.2 Å². The molecule has 0 bridgehead atoms. The Morgan fingerprint density at radius 1 is 1.12 bits per heavy atom. The van der Waals surface area contributed by atoms with Gasteiger partial charge < -0.3 is 20.2 Å². The number of nitrogens with zero attached hydrogens (tertiary/aromatic N) is 3. The van der Waals surface area contributed by atoms with E-state index in [4.69, 9.17) is 0 Å². The van der Waals surface area contributed by atoms with Gasteiger partial charge in [-0.05, 0) is 31.2 Å². The summed E-state index contributed by atoms with van der Waals surface area (Å²) in [7, 11) is 0. The van der Waals surface area contributed by atoms with Crippen molar-refractivity contribution >= 4 is 11.7 Å². The maximum Gasteiger partial charge on any atom is 0.317 e. The zero-order chi connectivity index (χ0) is 17.6. The maximum atomic E-state index is 12.3. The summed E-state index contributed by atoms with van der Waals surface area (Å²) in [4.78, 5) is 20.7. The Morgan fingerprint density at radius 2 is 1.88 bits per heavy atom. The van der Waals surface area contributed by atoms with E-state index >= 15 is 0 Å². The van der Waals surface area contributed by atoms with Crippen LogP contribution in [0.1, 0.15) is 11.4 Å². The van der Waals surface area contributed by atoms with Gasteiger partial charge in [0, 0.05) is 50.5 Å². The number of urea groups is 1. The van der Waals surface area contributed by atoms with Gasteiger partial charge in [0.05, 0.1) is 5.69 Å². The second kappa shape index (κ2) is 7.88. The van der Waals surface area contributed by atoms with Gasteiger partial charge in [0.15, 0.2) is 0 Å². The number of anilines is 1. The van der Waals surface area contributed by atoms with E-state index in [0.29, 0.717) is 32.7 Å². The molecule has 0 unspecified atom stereocenters. The van der Waals surface area contributed by atoms with Crippen molar-refractivity contribution in [2.24, 2.45) is 0 Å². The lowest BCUT2D eigenvalue weighted by molar-refractivity contribution is 0.194. The van der Waals surface area contributed by atoms with E-state index < -0.39 is 0 Å². The van der Waals surface area contributed by atoms with Gasteiger partial charge in [-0.1, -0.05) is 18.2 Å². The van der Waals surface area contributed by atoms with E-state index in [1.165, 1.54) is 0 Å². The third-order valence-corrected chi connectivity index (χ3v) is 4.39. The molecule has 1 aliphatic heterocycles. The zero-order valence-corrected chi connectivity index (χ0v) is 14.5. The third-order valence-electron chi connectivity index (χ3n) is 4.39. The molecule has 1 aliphatic rings. The highest BCUT2D eigenvalue weighted by atomic mass is 16.3. The number of amides is 2. The quantitative estimate of drug-likeness (QED) is 0.895. The molecule has 1 aromatic carbocycles. The van der Waals surface area contributed by atoms with E-state index in [-0.39, 0.29) is 11.8 Å². The van der Waals surface area contributed by atoms with Gasteiger partial charge in [-0.3, -0.25) is 4.98 Å². The number of hydrogen-bond donors (Lipinski definition) is 2. The maximum absolute atomic E-state index is 12.3. The summed E-state index contributed by atoms with van der Waals surface area (Å²) in [5, 5.41) is 12.9. The number of phenols is 1. The minimum atomic E-state index is -0.0374. The molecule has 0 saturated carbocycles. The molecule has 2 aromatic rings. The first kappa shape index (κ1) is 17.1. The predicted octanol–water partition coefficient (Wildman–Crippen LogP) is 2.17. The van der Waals surface area contributed by atoms with Gasteiger partial charge in [-0.2, -0.15) is 0 Å². The molecule has 6 heteroatoms. The van der Waals surface area contributed by atoms with Crippen molar-refractivity contribution < 1.29 is 9.90 Å². The van der Waals surface area contributed by atoms with Crippen molar-refractivity contribution in [2.75, 3.05) is 37.6 Å². The molecule has 0 radical (unpaired) electrons. The van der Waals surface area contributed by atoms with E-state index in [1.807, 2.05) is 48.2 Å². The number of rotatable bonds is 4. The molecule has 25 heavy (non-hydrogen) atoms. The van der Waals surface area contributed by atoms with E-state index in [0.717, 1.165) is 23.5 Å². The summed E-state index contributed by atoms with van der Waals surface area (Å²) in [5.74, 6) is 0.283. The largest absolute Gasteiger partial charge is 0.506 e. The Bertz CT molecular complexity index is 727. The number of para-hydroxylation sites is 2. The number of benzene rings is 1. The molecule has 2 heterocycles. The molecule has 0 aliphatic carbocycles. The first-order valence-electron chi connectivity index (χ1n) is 8.62. The molecule has 3 rings (SSSR count). The number of hydrogen-bond acceptors (Lipinski definition) is 4. The van der Waals surface area contributed by atoms with Crippen LogP contribution in [0.15, 0.2) is 42.5 Å². The summed E-state index contributed by atoms with van der Waals surface area (Å²) in [5.41, 5.74) is 2.81. The molecule has 132 valence electrons. The highest BCUT2D eigenvalue weighted by molar-refractivity contribution is 5.74. The number of nitrogens with one attached hydrogen (secondary N) is 1. The van der Waals surface area contributed by atoms with Crippen molar-refractivity contribution in [1.82, 2.24) is 15.2 Å². The van der Waals surface area contributed by atoms with Crippen LogP contribution in [0.4, 0.5) is 10.5 Å². The number of carbonyl (C=O) groups is 1. The molecule has 6 nitrogen and oxygen atoms in total. The van der Waals surface area contributed by atoms with Gasteiger partial charge in [0.25, 0.3) is 0 Å². The van der Waals surface area contributed by atoms with Crippen LogP contribution in [0.5, 0.6) is 5.75 Å². The third kappa shape index (κ3) is 4.41. The fourth-order valence-electron chi connectivity index (χ4n) is 3.03. The first-order valence-corrected chi connectivity index (χ1v) is 8.62. The lowest BCUT2D eigenvalue weighted by atomic mass is 10.2. The van der Waals surface area contributed by atoms with Gasteiger partial charge >= 0.3 is 6.03 Å². The minimum Gasteiger partial charge on any atom is -0.506 e. The number of carbonyl (C=O) groups excluding carboxylic acids is 1. The summed E-state index contributed by atoms with van der Waals surface area (Å²) in [6.07, 6.45) is 0.727. The number of aromatic hydroxyl groups is 1. The number of aryl methyl sites for hydroxylation is 1. The molecule has 2 amide bonds. The minimum absolute atomic E-state index is 0.0374. The van der Waals surface area contributed by atoms with Gasteiger partial charge in [0.1, 0.15) is 5.75 Å². The molecular formula is C19H24N4O2. The number of piperazine rings is 1. The molecule has 2 N–H and O–H groups in total. The Labute approximate surface area is 148 Å². The SMILES string of the molecule is Cc1cccc(CCNC(=O)N2CCN(c3ccccc3O)CC2)n1. The van der Waals surface area contributed by atoms with Crippen molar-refractivity contribution in [2.45, 2.75) is 13.3 Å². The summed E-state index contributed by atoms with van der Waals surface area (Å²) >= 11 is 0. The van der Waals surface area contributed by atoms with Crippen LogP contribution in [0, 0.1) is 6.92 Å². The Morgan fingerprint density at radius 3 is 2.60 bits per heavy atom. The zero-order valence-electron chi connectivity index (χ0n) is 14.5. The smallest absolute Gasteiger partial charge is 0.317 e. The average molecular weight is 340 g/mol. The summed E-state index contributed by atoms with van der Waals surface area (Å²) < 4.78 is 0. The Kier molecular flexibility index (Phi) is 5.38. The molecule has 1 aromatic heterocycles.